The molecule has 5 nitrogen and oxygen atoms in total. The fraction of sp³-hybridized carbons (Fsp3) is 0.0571. The highest BCUT2D eigenvalue weighted by Crippen LogP contribution is 2.51. The van der Waals surface area contributed by atoms with Crippen LogP contribution in [0, 0.1) is 27.7 Å². The van der Waals surface area contributed by atoms with Crippen LogP contribution >= 0.6 is 0 Å². The summed E-state index contributed by atoms with van der Waals surface area (Å²) < 4.78 is 6.72. The zero-order valence-corrected chi connectivity index (χ0v) is 44.2. The summed E-state index contributed by atoms with van der Waals surface area (Å²) in [6.45, 7) is 9.13. The molecule has 76 heavy (non-hydrogen) atoms. The Morgan fingerprint density at radius 1 is 0.303 bits per heavy atom. The molecule has 2 aliphatic rings. The molecule has 0 unspecified atom stereocenters. The van der Waals surface area contributed by atoms with Gasteiger partial charge in [-0.05, 0) is 147 Å². The second-order valence-corrected chi connectivity index (χ2v) is 23.0. The highest BCUT2D eigenvalue weighted by atomic mass is 27.2. The second-order valence-electron chi connectivity index (χ2n) is 20.4. The van der Waals surface area contributed by atoms with E-state index < -0.39 is 14.1 Å². The van der Waals surface area contributed by atoms with Gasteiger partial charge in [0.2, 0.25) is 0 Å². The third-order valence-corrected chi connectivity index (χ3v) is 19.2. The van der Waals surface area contributed by atoms with Gasteiger partial charge in [0.25, 0.3) is 0 Å². The first kappa shape index (κ1) is 45.6. The van der Waals surface area contributed by atoms with Gasteiger partial charge in [0.1, 0.15) is 0 Å². The van der Waals surface area contributed by atoms with E-state index in [4.69, 9.17) is 0 Å². The molecular formula is C70H54AlN5. The van der Waals surface area contributed by atoms with Gasteiger partial charge in [-0.15, -0.1) is 0 Å². The van der Waals surface area contributed by atoms with Gasteiger partial charge in [-0.2, -0.15) is 0 Å². The molecule has 0 N–H and O–H groups in total. The molecule has 14 rings (SSSR count). The number of hydrogen-bond donors (Lipinski definition) is 0. The van der Waals surface area contributed by atoms with Crippen molar-refractivity contribution in [2.75, 3.05) is 19.6 Å². The summed E-state index contributed by atoms with van der Waals surface area (Å²) in [6.07, 6.45) is 0. The maximum atomic E-state index is 2.65. The van der Waals surface area contributed by atoms with Gasteiger partial charge in [-0.25, -0.2) is 0 Å². The second kappa shape index (κ2) is 18.4. The summed E-state index contributed by atoms with van der Waals surface area (Å²) in [5, 5.41) is 2.48. The Balaban J connectivity index is 1.13. The van der Waals surface area contributed by atoms with Crippen LogP contribution in [0.25, 0.3) is 27.5 Å². The molecule has 1 aromatic heterocycles. The predicted molar refractivity (Wildman–Crippen MR) is 323 cm³/mol. The molecule has 12 aromatic rings. The van der Waals surface area contributed by atoms with E-state index >= 15 is 0 Å². The topological polar surface area (TPSA) is 17.9 Å². The number of fused-ring (bicyclic) bond motifs is 7. The SMILES string of the molecule is Cc1cccc(C)c1N1c2cc(N(c3ccccc3)c3ccccc3)cc[c]2[Al]2[c]3ccc(N(c4ccccc4)c4ccccc4)cc3N(c3c(C)cccc3C)c3cc(-n4c5ccccc5c5ccccc54)cc1[c]32. The molecule has 0 radical (unpaired) electrons. The first-order valence-corrected chi connectivity index (χ1v) is 28.1. The fourth-order valence-electron chi connectivity index (χ4n) is 12.6. The molecule has 6 heteroatoms. The van der Waals surface area contributed by atoms with Gasteiger partial charge < -0.3 is 24.2 Å². The molecule has 0 aliphatic carbocycles. The summed E-state index contributed by atoms with van der Waals surface area (Å²) in [7, 11) is 0. The minimum atomic E-state index is -2.36. The number of aromatic nitrogens is 1. The number of para-hydroxylation sites is 8. The monoisotopic (exact) mass is 991 g/mol. The molecule has 0 bridgehead atoms. The Morgan fingerprint density at radius 2 is 0.645 bits per heavy atom. The first-order valence-electron chi connectivity index (χ1n) is 26.4. The van der Waals surface area contributed by atoms with Crippen molar-refractivity contribution in [3.05, 3.63) is 277 Å². The van der Waals surface area contributed by atoms with E-state index in [0.29, 0.717) is 0 Å². The normalized spacial score (nSPS) is 12.4. The average Bonchev–Trinajstić information content (AvgIpc) is 3.83. The van der Waals surface area contributed by atoms with Crippen molar-refractivity contribution in [2.24, 2.45) is 0 Å². The number of rotatable bonds is 9. The average molecular weight is 992 g/mol. The molecule has 0 fully saturated rings. The van der Waals surface area contributed by atoms with Crippen LogP contribution in [-0.2, 0) is 0 Å². The quantitative estimate of drug-likeness (QED) is 0.134. The molecule has 0 saturated carbocycles. The van der Waals surface area contributed by atoms with Crippen LogP contribution in [0.15, 0.2) is 255 Å². The lowest BCUT2D eigenvalue weighted by atomic mass is 10.0. The number of anilines is 12. The Kier molecular flexibility index (Phi) is 11.0. The lowest BCUT2D eigenvalue weighted by molar-refractivity contribution is 1.15. The Morgan fingerprint density at radius 3 is 1.01 bits per heavy atom. The van der Waals surface area contributed by atoms with Gasteiger partial charge in [0.15, 0.2) is 0 Å². The van der Waals surface area contributed by atoms with Crippen LogP contribution in [0.4, 0.5) is 68.2 Å². The summed E-state index contributed by atoms with van der Waals surface area (Å²) >= 11 is -2.36. The van der Waals surface area contributed by atoms with Crippen molar-refractivity contribution in [1.82, 2.24) is 4.57 Å². The minimum Gasteiger partial charge on any atom is -0.312 e. The third-order valence-electron chi connectivity index (χ3n) is 15.8. The van der Waals surface area contributed by atoms with Crippen LogP contribution in [0.3, 0.4) is 0 Å². The largest absolute Gasteiger partial charge is 0.396 e. The number of aryl methyl sites for hydroxylation is 4. The van der Waals surface area contributed by atoms with E-state index in [0.717, 1.165) is 39.8 Å². The van der Waals surface area contributed by atoms with Gasteiger partial charge >= 0.3 is 14.1 Å². The molecular weight excluding hydrogens is 938 g/mol. The maximum Gasteiger partial charge on any atom is 0.396 e. The van der Waals surface area contributed by atoms with E-state index in [-0.39, 0.29) is 0 Å². The van der Waals surface area contributed by atoms with Crippen molar-refractivity contribution >= 4 is 117 Å². The lowest BCUT2D eigenvalue weighted by Crippen LogP contribution is -2.61. The number of nitrogens with zero attached hydrogens (tertiary/aromatic N) is 5. The standard InChI is InChI=1S/C70H54N5.Al/c1-50-25-21-26-51(2)69(50)73(60-39-23-37-58(45-60)71(54-29-9-5-10-30-54)55-31-11-6-12-32-55)62-47-63(49-64(48-62)75-67-43-19-17-41-65(67)66-42-18-20-44-68(66)75)74(70-52(3)27-22-28-53(70)4)61-40-24-38-59(46-61)72(56-33-13-7-14-34-56)57-35-15-8-16-36-57;/h5-38,41-46,48-49H,1-4H3;. The molecule has 0 amide bonds. The summed E-state index contributed by atoms with van der Waals surface area (Å²) in [4.78, 5) is 10.1. The zero-order chi connectivity index (χ0) is 51.0. The van der Waals surface area contributed by atoms with E-state index in [1.165, 1.54) is 91.5 Å². The van der Waals surface area contributed by atoms with Crippen LogP contribution < -0.4 is 32.9 Å². The highest BCUT2D eigenvalue weighted by Gasteiger charge is 2.47. The van der Waals surface area contributed by atoms with Crippen LogP contribution in [0.5, 0.6) is 0 Å². The summed E-state index contributed by atoms with van der Waals surface area (Å²) in [5.74, 6) is 0. The molecule has 3 heterocycles. The third kappa shape index (κ3) is 7.29. The van der Waals surface area contributed by atoms with E-state index in [1.54, 1.807) is 0 Å². The summed E-state index contributed by atoms with van der Waals surface area (Å²) in [6, 6.07) is 94.4. The Labute approximate surface area is 449 Å². The van der Waals surface area contributed by atoms with Crippen molar-refractivity contribution < 1.29 is 0 Å². The molecule has 11 aromatic carbocycles. The highest BCUT2D eigenvalue weighted by molar-refractivity contribution is 7.00. The summed E-state index contributed by atoms with van der Waals surface area (Å²) in [5.41, 5.74) is 22.3. The Hall–Kier alpha value is -9.05. The van der Waals surface area contributed by atoms with Crippen molar-refractivity contribution in [2.45, 2.75) is 27.7 Å². The number of hydrogen-bond acceptors (Lipinski definition) is 4. The fourth-order valence-corrected chi connectivity index (χ4v) is 16.1. The molecule has 0 saturated heterocycles. The smallest absolute Gasteiger partial charge is 0.312 e. The van der Waals surface area contributed by atoms with E-state index in [1.807, 2.05) is 0 Å². The molecule has 0 spiro atoms. The molecule has 362 valence electrons. The van der Waals surface area contributed by atoms with E-state index in [2.05, 4.69) is 307 Å². The van der Waals surface area contributed by atoms with E-state index in [9.17, 15) is 0 Å². The van der Waals surface area contributed by atoms with Crippen molar-refractivity contribution in [1.29, 1.82) is 0 Å². The van der Waals surface area contributed by atoms with Crippen molar-refractivity contribution in [3.8, 4) is 5.69 Å². The van der Waals surface area contributed by atoms with Crippen LogP contribution in [0.1, 0.15) is 22.3 Å². The lowest BCUT2D eigenvalue weighted by Gasteiger charge is -2.46. The minimum absolute atomic E-state index is 1.11. The maximum absolute atomic E-state index is 2.65. The van der Waals surface area contributed by atoms with Gasteiger partial charge in [-0.1, -0.05) is 171 Å². The van der Waals surface area contributed by atoms with Crippen LogP contribution in [0.2, 0.25) is 0 Å². The molecule has 2 aliphatic heterocycles. The van der Waals surface area contributed by atoms with Gasteiger partial charge in [-0.3, -0.25) is 0 Å². The van der Waals surface area contributed by atoms with Crippen LogP contribution in [-0.4, -0.2) is 18.7 Å². The first-order chi connectivity index (χ1) is 37.4. The predicted octanol–water partition coefficient (Wildman–Crippen LogP) is 17.0. The zero-order valence-electron chi connectivity index (χ0n) is 43.1. The Bertz CT molecular complexity index is 3810. The van der Waals surface area contributed by atoms with Gasteiger partial charge in [0.05, 0.1) is 28.1 Å². The molecule has 0 atom stereocenters. The number of benzene rings is 11. The van der Waals surface area contributed by atoms with Gasteiger partial charge in [0, 0.05) is 67.6 Å². The van der Waals surface area contributed by atoms with Crippen molar-refractivity contribution in [3.63, 3.8) is 0 Å².